The van der Waals surface area contributed by atoms with Crippen LogP contribution in [0.4, 0.5) is 34.1 Å². The van der Waals surface area contributed by atoms with Crippen LogP contribution < -0.4 is 9.80 Å². The number of anilines is 6. The Balaban J connectivity index is 0.721. The Kier molecular flexibility index (Phi) is 9.79. The predicted octanol–water partition coefficient (Wildman–Crippen LogP) is 20.7. The fourth-order valence-corrected chi connectivity index (χ4v) is 14.4. The van der Waals surface area contributed by atoms with E-state index in [2.05, 4.69) is 296 Å². The third-order valence-corrected chi connectivity index (χ3v) is 18.8. The summed E-state index contributed by atoms with van der Waals surface area (Å²) in [5.74, 6) is 0. The van der Waals surface area contributed by atoms with E-state index in [1.54, 1.807) is 0 Å². The van der Waals surface area contributed by atoms with Crippen LogP contribution in [-0.2, 0) is 21.7 Å². The summed E-state index contributed by atoms with van der Waals surface area (Å²) in [4.78, 5) is 4.96. The quantitative estimate of drug-likeness (QED) is 0.125. The molecule has 0 bridgehead atoms. The minimum atomic E-state index is -0.182. The van der Waals surface area contributed by atoms with Crippen LogP contribution in [0, 0.1) is 0 Å². The van der Waals surface area contributed by atoms with Gasteiger partial charge in [-0.15, -0.1) is 0 Å². The molecule has 15 rings (SSSR count). The monoisotopic (exact) mass is 1000 g/mol. The molecule has 11 aromatic rings. The summed E-state index contributed by atoms with van der Waals surface area (Å²) >= 11 is 0. The van der Waals surface area contributed by atoms with Gasteiger partial charge in [0.2, 0.25) is 0 Å². The van der Waals surface area contributed by atoms with Crippen molar-refractivity contribution in [3.05, 3.63) is 274 Å². The summed E-state index contributed by atoms with van der Waals surface area (Å²) in [6.07, 6.45) is 4.57. The second kappa shape index (κ2) is 16.4. The maximum absolute atomic E-state index is 2.52. The van der Waals surface area contributed by atoms with E-state index in [1.165, 1.54) is 145 Å². The van der Waals surface area contributed by atoms with Crippen LogP contribution in [0.1, 0.15) is 111 Å². The van der Waals surface area contributed by atoms with Gasteiger partial charge in [0.05, 0.1) is 22.7 Å². The lowest BCUT2D eigenvalue weighted by atomic mass is 9.72. The van der Waals surface area contributed by atoms with Crippen LogP contribution in [0.5, 0.6) is 0 Å². The zero-order chi connectivity index (χ0) is 53.0. The van der Waals surface area contributed by atoms with Gasteiger partial charge in [0.15, 0.2) is 0 Å². The molecule has 11 aromatic carbocycles. The summed E-state index contributed by atoms with van der Waals surface area (Å²) in [7, 11) is 0. The molecule has 0 saturated heterocycles. The van der Waals surface area contributed by atoms with Crippen molar-refractivity contribution in [1.29, 1.82) is 0 Å². The Morgan fingerprint density at radius 2 is 0.667 bits per heavy atom. The van der Waals surface area contributed by atoms with Gasteiger partial charge in [0.25, 0.3) is 0 Å². The number of fused-ring (bicyclic) bond motifs is 13. The van der Waals surface area contributed by atoms with Crippen molar-refractivity contribution >= 4 is 67.8 Å². The van der Waals surface area contributed by atoms with Crippen molar-refractivity contribution in [2.75, 3.05) is 9.80 Å². The highest BCUT2D eigenvalue weighted by Gasteiger charge is 2.44. The van der Waals surface area contributed by atoms with Crippen LogP contribution >= 0.6 is 0 Å². The van der Waals surface area contributed by atoms with E-state index in [0.29, 0.717) is 0 Å². The van der Waals surface area contributed by atoms with Crippen molar-refractivity contribution in [2.45, 2.75) is 77.0 Å². The van der Waals surface area contributed by atoms with Crippen LogP contribution in [0.3, 0.4) is 0 Å². The first-order valence-electron chi connectivity index (χ1n) is 27.9. The normalized spacial score (nSPS) is 16.3. The molecule has 4 aliphatic rings. The second-order valence-corrected chi connectivity index (χ2v) is 24.6. The molecule has 0 N–H and O–H groups in total. The Bertz CT molecular complexity index is 4380. The van der Waals surface area contributed by atoms with Gasteiger partial charge < -0.3 is 9.80 Å². The van der Waals surface area contributed by atoms with Gasteiger partial charge in [-0.2, -0.15) is 0 Å². The Hall–Kier alpha value is -8.72. The first-order chi connectivity index (χ1) is 37.7. The van der Waals surface area contributed by atoms with Crippen LogP contribution in [0.15, 0.2) is 218 Å². The number of hydrogen-bond donors (Lipinski definition) is 0. The zero-order valence-corrected chi connectivity index (χ0v) is 45.8. The first-order valence-corrected chi connectivity index (χ1v) is 27.9. The SMILES string of the molecule is CC1(C)c2cc(/C=C/c3ccc4c(ccc5cc(-c6ccc7c(c6)C(C)(C)c6cc8c(cc6-7)C(C)(C)c6ccccc6N8c6ccccc6)ccc54)c3)ccc2-c2cc3c(cc21)N(c1ccccc1)c1ccccc1C3(C)C. The Morgan fingerprint density at radius 1 is 0.269 bits per heavy atom. The van der Waals surface area contributed by atoms with Crippen LogP contribution in [0.2, 0.25) is 0 Å². The lowest BCUT2D eigenvalue weighted by Gasteiger charge is -2.42. The highest BCUT2D eigenvalue weighted by Crippen LogP contribution is 2.60. The molecule has 0 fully saturated rings. The van der Waals surface area contributed by atoms with Gasteiger partial charge in [-0.05, 0) is 189 Å². The zero-order valence-electron chi connectivity index (χ0n) is 45.8. The van der Waals surface area contributed by atoms with Crippen LogP contribution in [-0.4, -0.2) is 0 Å². The van der Waals surface area contributed by atoms with Gasteiger partial charge >= 0.3 is 0 Å². The molecule has 376 valence electrons. The summed E-state index contributed by atoms with van der Waals surface area (Å²) in [5, 5.41) is 5.06. The third-order valence-electron chi connectivity index (χ3n) is 18.8. The third kappa shape index (κ3) is 6.62. The van der Waals surface area contributed by atoms with Gasteiger partial charge in [-0.25, -0.2) is 0 Å². The molecular weight excluding hydrogens is 941 g/mol. The van der Waals surface area contributed by atoms with E-state index in [0.717, 1.165) is 0 Å². The average molecular weight is 1000 g/mol. The number of hydrogen-bond acceptors (Lipinski definition) is 2. The van der Waals surface area contributed by atoms with Gasteiger partial charge in [-0.3, -0.25) is 0 Å². The first kappa shape index (κ1) is 46.6. The van der Waals surface area contributed by atoms with E-state index in [1.807, 2.05) is 0 Å². The molecule has 78 heavy (non-hydrogen) atoms. The second-order valence-electron chi connectivity index (χ2n) is 24.6. The molecule has 2 aliphatic carbocycles. The number of nitrogens with zero attached hydrogens (tertiary/aromatic N) is 2. The molecule has 2 heterocycles. The standard InChI is InChI=1S/C76H62N2/c1-73(2)61-23-15-17-25-69(61)77(53-19-11-9-12-20-53)71-45-65-59(43-67(71)73)57-36-30-48(40-63(57)75(65,5)6)28-27-47-29-35-55-51(39-47)31-32-52-41-49(33-37-56(52)55)50-34-38-58-60-44-68-72(46-66(60)76(7,8)64(58)42-50)78(54-21-13-10-14-22-54)70-26-18-16-24-62(70)74(68,3)4/h9-46H,1-8H3/b28-27+. The minimum Gasteiger partial charge on any atom is -0.310 e. The predicted molar refractivity (Wildman–Crippen MR) is 331 cm³/mol. The molecule has 2 nitrogen and oxygen atoms in total. The minimum absolute atomic E-state index is 0.160. The van der Waals surface area contributed by atoms with Crippen molar-refractivity contribution in [1.82, 2.24) is 0 Å². The molecular formula is C76H62N2. The summed E-state index contributed by atoms with van der Waals surface area (Å²) in [5.41, 5.74) is 28.0. The molecule has 0 radical (unpaired) electrons. The largest absolute Gasteiger partial charge is 0.310 e. The molecule has 0 saturated carbocycles. The average Bonchev–Trinajstić information content (AvgIpc) is 4.01. The van der Waals surface area contributed by atoms with Gasteiger partial charge in [-0.1, -0.05) is 207 Å². The van der Waals surface area contributed by atoms with E-state index in [4.69, 9.17) is 0 Å². The highest BCUT2D eigenvalue weighted by molar-refractivity contribution is 6.09. The number of benzene rings is 11. The Morgan fingerprint density at radius 3 is 1.22 bits per heavy atom. The molecule has 2 aliphatic heterocycles. The topological polar surface area (TPSA) is 6.48 Å². The van der Waals surface area contributed by atoms with E-state index in [-0.39, 0.29) is 21.7 Å². The maximum atomic E-state index is 2.52. The van der Waals surface area contributed by atoms with Crippen molar-refractivity contribution < 1.29 is 0 Å². The van der Waals surface area contributed by atoms with E-state index in [9.17, 15) is 0 Å². The fourth-order valence-electron chi connectivity index (χ4n) is 14.4. The van der Waals surface area contributed by atoms with Crippen molar-refractivity contribution in [2.24, 2.45) is 0 Å². The smallest absolute Gasteiger partial charge is 0.0506 e. The molecule has 0 aromatic heterocycles. The highest BCUT2D eigenvalue weighted by atomic mass is 15.2. The van der Waals surface area contributed by atoms with Gasteiger partial charge in [0.1, 0.15) is 0 Å². The van der Waals surface area contributed by atoms with E-state index >= 15 is 0 Å². The molecule has 2 heteroatoms. The lowest BCUT2D eigenvalue weighted by molar-refractivity contribution is 0.627. The summed E-state index contributed by atoms with van der Waals surface area (Å²) in [6, 6.07) is 82.5. The molecule has 0 spiro atoms. The molecule has 0 unspecified atom stereocenters. The number of rotatable bonds is 5. The van der Waals surface area contributed by atoms with Crippen molar-refractivity contribution in [3.63, 3.8) is 0 Å². The molecule has 0 amide bonds. The van der Waals surface area contributed by atoms with E-state index < -0.39 is 0 Å². The molecule has 0 atom stereocenters. The van der Waals surface area contributed by atoms with Gasteiger partial charge in [0, 0.05) is 33.0 Å². The van der Waals surface area contributed by atoms with Crippen LogP contribution in [0.25, 0.3) is 67.1 Å². The lowest BCUT2D eigenvalue weighted by Crippen LogP contribution is -2.31. The fraction of sp³-hybridized carbons (Fsp3) is 0.158. The Labute approximate surface area is 459 Å². The summed E-state index contributed by atoms with van der Waals surface area (Å²) in [6.45, 7) is 19.2. The van der Waals surface area contributed by atoms with Crippen molar-refractivity contribution in [3.8, 4) is 33.4 Å². The summed E-state index contributed by atoms with van der Waals surface area (Å²) < 4.78 is 0. The number of para-hydroxylation sites is 4. The maximum Gasteiger partial charge on any atom is 0.0506 e.